The highest BCUT2D eigenvalue weighted by molar-refractivity contribution is 5.82. The number of amides is 1. The van der Waals surface area contributed by atoms with Crippen molar-refractivity contribution in [3.63, 3.8) is 0 Å². The lowest BCUT2D eigenvalue weighted by molar-refractivity contribution is -0.149. The zero-order chi connectivity index (χ0) is 14.9. The molecule has 1 amide bonds. The molecule has 0 aromatic rings. The minimum Gasteiger partial charge on any atom is -0.481 e. The quantitative estimate of drug-likeness (QED) is 0.801. The molecule has 0 spiro atoms. The zero-order valence-corrected chi connectivity index (χ0v) is 12.7. The summed E-state index contributed by atoms with van der Waals surface area (Å²) in [5.74, 6) is -0.462. The van der Waals surface area contributed by atoms with E-state index in [-0.39, 0.29) is 23.9 Å². The van der Waals surface area contributed by atoms with Crippen molar-refractivity contribution in [2.24, 2.45) is 11.3 Å². The first-order valence-corrected chi connectivity index (χ1v) is 7.68. The van der Waals surface area contributed by atoms with Crippen molar-refractivity contribution in [1.82, 2.24) is 10.2 Å². The number of nitrogens with zero attached hydrogens (tertiary/aromatic N) is 1. The second-order valence-corrected chi connectivity index (χ2v) is 6.47. The third kappa shape index (κ3) is 2.55. The maximum absolute atomic E-state index is 12.2. The number of carboxylic acid groups (broad SMARTS) is 1. The largest absolute Gasteiger partial charge is 0.481 e. The summed E-state index contributed by atoms with van der Waals surface area (Å²) < 4.78 is 0. The van der Waals surface area contributed by atoms with Crippen LogP contribution in [-0.4, -0.2) is 47.1 Å². The first kappa shape index (κ1) is 15.3. The highest BCUT2D eigenvalue weighted by Crippen LogP contribution is 2.49. The summed E-state index contributed by atoms with van der Waals surface area (Å²) in [5.41, 5.74) is -0.606. The van der Waals surface area contributed by atoms with Gasteiger partial charge in [0, 0.05) is 19.1 Å². The highest BCUT2D eigenvalue weighted by atomic mass is 16.4. The van der Waals surface area contributed by atoms with Crippen LogP contribution in [0.2, 0.25) is 0 Å². The molecule has 0 radical (unpaired) electrons. The van der Waals surface area contributed by atoms with Gasteiger partial charge in [0.05, 0.1) is 11.5 Å². The Kier molecular flexibility index (Phi) is 4.37. The molecule has 0 aromatic heterocycles. The van der Waals surface area contributed by atoms with Crippen molar-refractivity contribution in [1.29, 1.82) is 0 Å². The van der Waals surface area contributed by atoms with E-state index in [2.05, 4.69) is 10.2 Å². The maximum atomic E-state index is 12.2. The zero-order valence-electron chi connectivity index (χ0n) is 12.7. The van der Waals surface area contributed by atoms with Gasteiger partial charge in [0.15, 0.2) is 0 Å². The molecule has 5 heteroatoms. The Labute approximate surface area is 120 Å². The Morgan fingerprint density at radius 2 is 2.15 bits per heavy atom. The second-order valence-electron chi connectivity index (χ2n) is 6.47. The molecule has 4 atom stereocenters. The van der Waals surface area contributed by atoms with Crippen LogP contribution in [0.25, 0.3) is 0 Å². The third-order valence-corrected chi connectivity index (χ3v) is 5.25. The molecule has 1 saturated carbocycles. The number of hydrogen-bond donors (Lipinski definition) is 2. The van der Waals surface area contributed by atoms with E-state index in [4.69, 9.17) is 0 Å². The van der Waals surface area contributed by atoms with Gasteiger partial charge in [-0.1, -0.05) is 13.3 Å². The maximum Gasteiger partial charge on any atom is 0.311 e. The van der Waals surface area contributed by atoms with Crippen LogP contribution in [0.15, 0.2) is 0 Å². The summed E-state index contributed by atoms with van der Waals surface area (Å²) in [4.78, 5) is 25.9. The Bertz CT molecular complexity index is 399. The van der Waals surface area contributed by atoms with E-state index >= 15 is 0 Å². The van der Waals surface area contributed by atoms with Crippen molar-refractivity contribution in [3.05, 3.63) is 0 Å². The molecule has 5 nitrogen and oxygen atoms in total. The summed E-state index contributed by atoms with van der Waals surface area (Å²) in [6, 6.07) is -0.0775. The lowest BCUT2D eigenvalue weighted by Crippen LogP contribution is -2.47. The predicted molar refractivity (Wildman–Crippen MR) is 76.3 cm³/mol. The fraction of sp³-hybridized carbons (Fsp3) is 0.867. The van der Waals surface area contributed by atoms with Gasteiger partial charge in [-0.2, -0.15) is 0 Å². The topological polar surface area (TPSA) is 69.6 Å². The first-order valence-electron chi connectivity index (χ1n) is 7.68. The highest BCUT2D eigenvalue weighted by Gasteiger charge is 2.55. The van der Waals surface area contributed by atoms with Crippen LogP contribution in [0, 0.1) is 11.3 Å². The minimum absolute atomic E-state index is 0.0138. The van der Waals surface area contributed by atoms with Crippen LogP contribution in [0.1, 0.15) is 46.5 Å². The lowest BCUT2D eigenvalue weighted by atomic mass is 9.81. The number of likely N-dealkylation sites (tertiary alicyclic amines) is 1. The van der Waals surface area contributed by atoms with Gasteiger partial charge >= 0.3 is 5.97 Å². The van der Waals surface area contributed by atoms with Crippen LogP contribution < -0.4 is 5.32 Å². The standard InChI is InChI=1S/C15H26N2O3/c1-4-10(2)16-13(18)11(3)17-8-12-6-5-7-15(12,9-17)14(19)20/h10-12H,4-9H2,1-3H3,(H,16,18)(H,19,20)/t10?,11?,12-,15+/m0/s1. The molecular weight excluding hydrogens is 256 g/mol. The molecule has 0 aromatic carbocycles. The first-order chi connectivity index (χ1) is 9.40. The van der Waals surface area contributed by atoms with Crippen LogP contribution >= 0.6 is 0 Å². The fourth-order valence-electron chi connectivity index (χ4n) is 3.60. The van der Waals surface area contributed by atoms with Crippen molar-refractivity contribution in [3.8, 4) is 0 Å². The molecule has 1 saturated heterocycles. The molecule has 1 heterocycles. The summed E-state index contributed by atoms with van der Waals surface area (Å²) in [7, 11) is 0. The predicted octanol–water partition coefficient (Wildman–Crippen LogP) is 1.48. The molecule has 0 bridgehead atoms. The molecule has 1 aliphatic heterocycles. The molecule has 2 fully saturated rings. The van der Waals surface area contributed by atoms with Gasteiger partial charge in [-0.15, -0.1) is 0 Å². The number of carbonyl (C=O) groups is 2. The molecule has 1 aliphatic carbocycles. The number of carbonyl (C=O) groups excluding carboxylic acids is 1. The summed E-state index contributed by atoms with van der Waals surface area (Å²) in [5, 5.41) is 12.6. The normalized spacial score (nSPS) is 32.6. The molecular formula is C15H26N2O3. The van der Waals surface area contributed by atoms with Gasteiger partial charge in [-0.3, -0.25) is 14.5 Å². The average molecular weight is 282 g/mol. The molecule has 2 aliphatic rings. The van der Waals surface area contributed by atoms with Crippen LogP contribution in [0.4, 0.5) is 0 Å². The number of carboxylic acids is 1. The van der Waals surface area contributed by atoms with Crippen molar-refractivity contribution in [2.45, 2.75) is 58.5 Å². The van der Waals surface area contributed by atoms with Crippen LogP contribution in [0.3, 0.4) is 0 Å². The summed E-state index contributed by atoms with van der Waals surface area (Å²) in [6.45, 7) is 7.16. The van der Waals surface area contributed by atoms with Crippen molar-refractivity contribution < 1.29 is 14.7 Å². The number of rotatable bonds is 5. The number of fused-ring (bicyclic) bond motifs is 1. The SMILES string of the molecule is CCC(C)NC(=O)C(C)N1C[C@@H]2CCC[C@@]2(C(=O)O)C1. The van der Waals surface area contributed by atoms with Crippen molar-refractivity contribution in [2.75, 3.05) is 13.1 Å². The summed E-state index contributed by atoms with van der Waals surface area (Å²) >= 11 is 0. The third-order valence-electron chi connectivity index (χ3n) is 5.25. The molecule has 2 rings (SSSR count). The van der Waals surface area contributed by atoms with E-state index in [9.17, 15) is 14.7 Å². The average Bonchev–Trinajstić information content (AvgIpc) is 2.94. The Morgan fingerprint density at radius 3 is 2.70 bits per heavy atom. The van der Waals surface area contributed by atoms with Gasteiger partial charge in [0.25, 0.3) is 0 Å². The van der Waals surface area contributed by atoms with Crippen molar-refractivity contribution >= 4 is 11.9 Å². The van der Waals surface area contributed by atoms with E-state index in [0.717, 1.165) is 32.2 Å². The molecule has 2 N–H and O–H groups in total. The van der Waals surface area contributed by atoms with Gasteiger partial charge in [0.2, 0.25) is 5.91 Å². The monoisotopic (exact) mass is 282 g/mol. The smallest absolute Gasteiger partial charge is 0.311 e. The Morgan fingerprint density at radius 1 is 1.45 bits per heavy atom. The minimum atomic E-state index is -0.683. The molecule has 2 unspecified atom stereocenters. The number of hydrogen-bond acceptors (Lipinski definition) is 3. The van der Waals surface area contributed by atoms with E-state index < -0.39 is 11.4 Å². The van der Waals surface area contributed by atoms with Gasteiger partial charge in [0.1, 0.15) is 0 Å². The Hall–Kier alpha value is -1.10. The van der Waals surface area contributed by atoms with E-state index in [1.807, 2.05) is 20.8 Å². The van der Waals surface area contributed by atoms with E-state index in [1.54, 1.807) is 0 Å². The van der Waals surface area contributed by atoms with Crippen LogP contribution in [0.5, 0.6) is 0 Å². The van der Waals surface area contributed by atoms with Gasteiger partial charge in [-0.25, -0.2) is 0 Å². The number of nitrogens with one attached hydrogen (secondary N) is 1. The van der Waals surface area contributed by atoms with Gasteiger partial charge < -0.3 is 10.4 Å². The van der Waals surface area contributed by atoms with E-state index in [1.165, 1.54) is 0 Å². The number of aliphatic carboxylic acids is 1. The summed E-state index contributed by atoms with van der Waals surface area (Å²) in [6.07, 6.45) is 3.63. The van der Waals surface area contributed by atoms with Crippen LogP contribution in [-0.2, 0) is 9.59 Å². The lowest BCUT2D eigenvalue weighted by Gasteiger charge is -2.27. The second kappa shape index (κ2) is 5.72. The molecule has 114 valence electrons. The van der Waals surface area contributed by atoms with E-state index in [0.29, 0.717) is 6.54 Å². The molecule has 20 heavy (non-hydrogen) atoms. The fourth-order valence-corrected chi connectivity index (χ4v) is 3.60. The Balaban J connectivity index is 2.02. The van der Waals surface area contributed by atoms with Gasteiger partial charge in [-0.05, 0) is 39.0 Å².